The molecule has 2 aromatic carbocycles. The molecule has 2 amide bonds. The molecule has 1 atom stereocenters. The fraction of sp³-hybridized carbons (Fsp3) is 0.263. The van der Waals surface area contributed by atoms with E-state index in [0.29, 0.717) is 5.56 Å². The van der Waals surface area contributed by atoms with Crippen LogP contribution in [0.25, 0.3) is 0 Å². The van der Waals surface area contributed by atoms with Crippen LogP contribution in [0.3, 0.4) is 0 Å². The minimum Gasteiger partial charge on any atom is -0.376 e. The van der Waals surface area contributed by atoms with Crippen molar-refractivity contribution in [1.29, 1.82) is 0 Å². The molecule has 0 heterocycles. The highest BCUT2D eigenvalue weighted by atomic mass is 16.2. The van der Waals surface area contributed by atoms with Crippen LogP contribution in [0.2, 0.25) is 0 Å². The Balaban J connectivity index is 1.92. The molecule has 24 heavy (non-hydrogen) atoms. The molecule has 5 heteroatoms. The van der Waals surface area contributed by atoms with E-state index < -0.39 is 0 Å². The number of benzene rings is 2. The molecular formula is C19H23N3O2. The monoisotopic (exact) mass is 325 g/mol. The van der Waals surface area contributed by atoms with Crippen LogP contribution in [-0.4, -0.2) is 25.4 Å². The average Bonchev–Trinajstić information content (AvgIpc) is 2.64. The third-order valence-electron chi connectivity index (χ3n) is 3.75. The van der Waals surface area contributed by atoms with Crippen LogP contribution in [0.5, 0.6) is 0 Å². The minimum atomic E-state index is -0.154. The Morgan fingerprint density at radius 2 is 1.79 bits per heavy atom. The molecular weight excluding hydrogens is 302 g/mol. The summed E-state index contributed by atoms with van der Waals surface area (Å²) in [6.45, 7) is 2.19. The largest absolute Gasteiger partial charge is 0.376 e. The predicted molar refractivity (Wildman–Crippen MR) is 95.9 cm³/mol. The van der Waals surface area contributed by atoms with Gasteiger partial charge in [-0.05, 0) is 30.2 Å². The molecule has 0 bridgehead atoms. The van der Waals surface area contributed by atoms with Crippen molar-refractivity contribution in [1.82, 2.24) is 10.6 Å². The average molecular weight is 325 g/mol. The number of nitrogens with one attached hydrogen (secondary N) is 3. The number of rotatable bonds is 7. The van der Waals surface area contributed by atoms with Crippen LogP contribution >= 0.6 is 0 Å². The second-order valence-electron chi connectivity index (χ2n) is 5.45. The number of hydrogen-bond acceptors (Lipinski definition) is 3. The van der Waals surface area contributed by atoms with E-state index in [-0.39, 0.29) is 24.4 Å². The van der Waals surface area contributed by atoms with E-state index in [1.54, 1.807) is 25.2 Å². The van der Waals surface area contributed by atoms with Crippen molar-refractivity contribution in [2.24, 2.45) is 0 Å². The van der Waals surface area contributed by atoms with Gasteiger partial charge >= 0.3 is 0 Å². The lowest BCUT2D eigenvalue weighted by atomic mass is 10.0. The van der Waals surface area contributed by atoms with Crippen molar-refractivity contribution < 1.29 is 9.59 Å². The Morgan fingerprint density at radius 1 is 1.04 bits per heavy atom. The van der Waals surface area contributed by atoms with Gasteiger partial charge in [-0.3, -0.25) is 9.59 Å². The molecule has 3 N–H and O–H groups in total. The van der Waals surface area contributed by atoms with Crippen LogP contribution in [0.4, 0.5) is 5.69 Å². The van der Waals surface area contributed by atoms with Gasteiger partial charge in [-0.2, -0.15) is 0 Å². The zero-order valence-electron chi connectivity index (χ0n) is 14.0. The summed E-state index contributed by atoms with van der Waals surface area (Å²) in [7, 11) is 1.59. The normalized spacial score (nSPS) is 11.4. The summed E-state index contributed by atoms with van der Waals surface area (Å²) < 4.78 is 0. The molecule has 2 rings (SSSR count). The molecule has 126 valence electrons. The summed E-state index contributed by atoms with van der Waals surface area (Å²) in [5, 5.41) is 8.65. The maximum absolute atomic E-state index is 12.2. The molecule has 0 aliphatic heterocycles. The molecule has 0 aliphatic carbocycles. The van der Waals surface area contributed by atoms with Gasteiger partial charge in [0.2, 0.25) is 5.91 Å². The summed E-state index contributed by atoms with van der Waals surface area (Å²) in [4.78, 5) is 23.8. The van der Waals surface area contributed by atoms with Crippen LogP contribution in [0, 0.1) is 0 Å². The first-order valence-corrected chi connectivity index (χ1v) is 8.04. The van der Waals surface area contributed by atoms with Crippen LogP contribution in [0.15, 0.2) is 54.6 Å². The molecule has 0 saturated heterocycles. The fourth-order valence-corrected chi connectivity index (χ4v) is 2.45. The topological polar surface area (TPSA) is 70.2 Å². The van der Waals surface area contributed by atoms with Crippen molar-refractivity contribution in [3.63, 3.8) is 0 Å². The van der Waals surface area contributed by atoms with Crippen LogP contribution in [-0.2, 0) is 4.79 Å². The van der Waals surface area contributed by atoms with Gasteiger partial charge in [-0.25, -0.2) is 0 Å². The molecule has 0 spiro atoms. The molecule has 1 unspecified atom stereocenters. The number of hydrogen-bond donors (Lipinski definition) is 3. The van der Waals surface area contributed by atoms with E-state index in [1.807, 2.05) is 43.3 Å². The summed E-state index contributed by atoms with van der Waals surface area (Å²) in [6.07, 6.45) is 0.821. The Morgan fingerprint density at radius 3 is 2.46 bits per heavy atom. The zero-order chi connectivity index (χ0) is 17.4. The van der Waals surface area contributed by atoms with Gasteiger partial charge in [-0.15, -0.1) is 0 Å². The van der Waals surface area contributed by atoms with Crippen molar-refractivity contribution in [2.75, 3.05) is 18.9 Å². The SMILES string of the molecule is CCC(NC(=O)CNc1cccc(C(=O)NC)c1)c1ccccc1. The van der Waals surface area contributed by atoms with Gasteiger partial charge < -0.3 is 16.0 Å². The van der Waals surface area contributed by atoms with E-state index in [0.717, 1.165) is 17.7 Å². The Kier molecular flexibility index (Phi) is 6.37. The standard InChI is InChI=1S/C19H23N3O2/c1-3-17(14-8-5-4-6-9-14)22-18(23)13-21-16-11-7-10-15(12-16)19(24)20-2/h4-12,17,21H,3,13H2,1-2H3,(H,20,24)(H,22,23). The summed E-state index contributed by atoms with van der Waals surface area (Å²) in [6, 6.07) is 17.0. The third kappa shape index (κ3) is 4.84. The summed E-state index contributed by atoms with van der Waals surface area (Å²) in [5.74, 6) is -0.241. The van der Waals surface area contributed by atoms with Gasteiger partial charge in [-0.1, -0.05) is 43.3 Å². The highest BCUT2D eigenvalue weighted by Gasteiger charge is 2.12. The zero-order valence-corrected chi connectivity index (χ0v) is 14.0. The van der Waals surface area contributed by atoms with Gasteiger partial charge in [0.25, 0.3) is 5.91 Å². The number of carbonyl (C=O) groups excluding carboxylic acids is 2. The molecule has 0 aliphatic rings. The van der Waals surface area contributed by atoms with Gasteiger partial charge in [0.1, 0.15) is 0 Å². The van der Waals surface area contributed by atoms with E-state index >= 15 is 0 Å². The van der Waals surface area contributed by atoms with E-state index in [1.165, 1.54) is 0 Å². The number of amides is 2. The fourth-order valence-electron chi connectivity index (χ4n) is 2.45. The molecule has 0 fully saturated rings. The molecule has 0 aromatic heterocycles. The van der Waals surface area contributed by atoms with E-state index in [4.69, 9.17) is 0 Å². The quantitative estimate of drug-likeness (QED) is 0.733. The first-order chi connectivity index (χ1) is 11.6. The maximum Gasteiger partial charge on any atom is 0.251 e. The lowest BCUT2D eigenvalue weighted by Gasteiger charge is -2.18. The lowest BCUT2D eigenvalue weighted by Crippen LogP contribution is -2.33. The van der Waals surface area contributed by atoms with E-state index in [9.17, 15) is 9.59 Å². The Bertz CT molecular complexity index is 686. The molecule has 2 aromatic rings. The van der Waals surface area contributed by atoms with Gasteiger partial charge in [0, 0.05) is 18.3 Å². The lowest BCUT2D eigenvalue weighted by molar-refractivity contribution is -0.120. The first-order valence-electron chi connectivity index (χ1n) is 8.04. The van der Waals surface area contributed by atoms with Crippen molar-refractivity contribution >= 4 is 17.5 Å². The highest BCUT2D eigenvalue weighted by Crippen LogP contribution is 2.16. The Labute approximate surface area is 142 Å². The number of carbonyl (C=O) groups is 2. The first kappa shape index (κ1) is 17.5. The van der Waals surface area contributed by atoms with Gasteiger partial charge in [0.15, 0.2) is 0 Å². The summed E-state index contributed by atoms with van der Waals surface area (Å²) >= 11 is 0. The van der Waals surface area contributed by atoms with Crippen LogP contribution < -0.4 is 16.0 Å². The summed E-state index contributed by atoms with van der Waals surface area (Å²) in [5.41, 5.74) is 2.38. The maximum atomic E-state index is 12.2. The molecule has 5 nitrogen and oxygen atoms in total. The Hall–Kier alpha value is -2.82. The highest BCUT2D eigenvalue weighted by molar-refractivity contribution is 5.95. The molecule has 0 saturated carbocycles. The van der Waals surface area contributed by atoms with E-state index in [2.05, 4.69) is 16.0 Å². The van der Waals surface area contributed by atoms with Gasteiger partial charge in [0.05, 0.1) is 12.6 Å². The van der Waals surface area contributed by atoms with Crippen LogP contribution in [0.1, 0.15) is 35.3 Å². The minimum absolute atomic E-state index is 0.00213. The third-order valence-corrected chi connectivity index (χ3v) is 3.75. The number of anilines is 1. The second-order valence-corrected chi connectivity index (χ2v) is 5.45. The molecule has 0 radical (unpaired) electrons. The predicted octanol–water partition coefficient (Wildman–Crippen LogP) is 2.73. The van der Waals surface area contributed by atoms with Crippen molar-refractivity contribution in [3.8, 4) is 0 Å². The van der Waals surface area contributed by atoms with Crippen molar-refractivity contribution in [2.45, 2.75) is 19.4 Å². The smallest absolute Gasteiger partial charge is 0.251 e. The second kappa shape index (κ2) is 8.72. The van der Waals surface area contributed by atoms with Crippen molar-refractivity contribution in [3.05, 3.63) is 65.7 Å².